The van der Waals surface area contributed by atoms with Gasteiger partial charge >= 0.3 is 0 Å². The summed E-state index contributed by atoms with van der Waals surface area (Å²) in [4.78, 5) is 0. The fraction of sp³-hybridized carbons (Fsp3) is 0.571. The van der Waals surface area contributed by atoms with Crippen molar-refractivity contribution in [1.82, 2.24) is 5.32 Å². The van der Waals surface area contributed by atoms with E-state index in [9.17, 15) is 8.42 Å². The van der Waals surface area contributed by atoms with E-state index in [-0.39, 0.29) is 17.5 Å². The molecule has 18 heavy (non-hydrogen) atoms. The molecule has 0 saturated heterocycles. The molecule has 0 aliphatic heterocycles. The maximum atomic E-state index is 12.0. The van der Waals surface area contributed by atoms with E-state index in [2.05, 4.69) is 5.32 Å². The predicted molar refractivity (Wildman–Crippen MR) is 76.5 cm³/mol. The molecule has 1 aromatic rings. The summed E-state index contributed by atoms with van der Waals surface area (Å²) in [6.07, 6.45) is 1.65. The molecule has 0 radical (unpaired) electrons. The molecule has 0 bridgehead atoms. The Morgan fingerprint density at radius 3 is 2.33 bits per heavy atom. The molecule has 1 aromatic carbocycles. The van der Waals surface area contributed by atoms with Crippen LogP contribution in [0.1, 0.15) is 36.9 Å². The first kappa shape index (κ1) is 15.2. The van der Waals surface area contributed by atoms with Crippen LogP contribution in [0.5, 0.6) is 0 Å². The van der Waals surface area contributed by atoms with Crippen LogP contribution in [-0.2, 0) is 9.84 Å². The Hall–Kier alpha value is -0.870. The summed E-state index contributed by atoms with van der Waals surface area (Å²) in [7, 11) is -1.17. The van der Waals surface area contributed by atoms with E-state index in [1.807, 2.05) is 38.1 Å². The number of rotatable bonds is 7. The maximum absolute atomic E-state index is 12.0. The highest BCUT2D eigenvalue weighted by atomic mass is 32.2. The first-order valence-electron chi connectivity index (χ1n) is 6.42. The van der Waals surface area contributed by atoms with E-state index in [4.69, 9.17) is 0 Å². The lowest BCUT2D eigenvalue weighted by molar-refractivity contribution is 0.571. The third-order valence-corrected chi connectivity index (χ3v) is 4.81. The van der Waals surface area contributed by atoms with Crippen LogP contribution in [0.4, 0.5) is 0 Å². The Balaban J connectivity index is 2.76. The molecule has 0 aromatic heterocycles. The number of unbranched alkanes of at least 4 members (excludes halogenated alkanes) is 1. The van der Waals surface area contributed by atoms with E-state index in [1.165, 1.54) is 5.56 Å². The van der Waals surface area contributed by atoms with Gasteiger partial charge < -0.3 is 5.32 Å². The smallest absolute Gasteiger partial charge is 0.152 e. The van der Waals surface area contributed by atoms with Crippen molar-refractivity contribution in [3.8, 4) is 0 Å². The molecule has 0 aliphatic carbocycles. The van der Waals surface area contributed by atoms with Gasteiger partial charge in [0.25, 0.3) is 0 Å². The highest BCUT2D eigenvalue weighted by Gasteiger charge is 2.18. The minimum absolute atomic E-state index is 0.118. The second-order valence-electron chi connectivity index (χ2n) is 4.72. The van der Waals surface area contributed by atoms with Crippen LogP contribution in [0, 0.1) is 6.92 Å². The highest BCUT2D eigenvalue weighted by Crippen LogP contribution is 2.16. The summed E-state index contributed by atoms with van der Waals surface area (Å²) in [5.74, 6) is 0.458. The van der Waals surface area contributed by atoms with Crippen molar-refractivity contribution in [3.63, 3.8) is 0 Å². The van der Waals surface area contributed by atoms with Gasteiger partial charge in [-0.05, 0) is 26.0 Å². The zero-order chi connectivity index (χ0) is 13.6. The molecule has 0 heterocycles. The normalized spacial score (nSPS) is 13.5. The largest absolute Gasteiger partial charge is 0.312 e. The molecule has 1 N–H and O–H groups in total. The Kier molecular flexibility index (Phi) is 5.82. The van der Waals surface area contributed by atoms with Crippen LogP contribution in [-0.4, -0.2) is 27.0 Å². The number of sulfone groups is 1. The molecule has 102 valence electrons. The molecule has 0 saturated carbocycles. The molecular formula is C14H23NO2S. The maximum Gasteiger partial charge on any atom is 0.152 e. The van der Waals surface area contributed by atoms with Gasteiger partial charge in [-0.1, -0.05) is 43.2 Å². The Bertz CT molecular complexity index is 451. The van der Waals surface area contributed by atoms with E-state index in [0.717, 1.165) is 18.4 Å². The third kappa shape index (κ3) is 4.78. The second kappa shape index (κ2) is 6.90. The van der Waals surface area contributed by atoms with Crippen LogP contribution in [0.2, 0.25) is 0 Å². The molecule has 1 atom stereocenters. The van der Waals surface area contributed by atoms with Crippen molar-refractivity contribution in [2.45, 2.75) is 32.7 Å². The van der Waals surface area contributed by atoms with Gasteiger partial charge in [-0.3, -0.25) is 0 Å². The summed E-state index contributed by atoms with van der Waals surface area (Å²) in [6.45, 7) is 4.03. The Labute approximate surface area is 111 Å². The lowest BCUT2D eigenvalue weighted by Gasteiger charge is -2.17. The first-order chi connectivity index (χ1) is 8.48. The van der Waals surface area contributed by atoms with E-state index in [1.54, 1.807) is 7.05 Å². The molecule has 0 aliphatic rings. The zero-order valence-corrected chi connectivity index (χ0v) is 12.3. The van der Waals surface area contributed by atoms with Gasteiger partial charge in [0.2, 0.25) is 0 Å². The average molecular weight is 269 g/mol. The van der Waals surface area contributed by atoms with Gasteiger partial charge in [-0.15, -0.1) is 0 Å². The monoisotopic (exact) mass is 269 g/mol. The van der Waals surface area contributed by atoms with Crippen molar-refractivity contribution >= 4 is 9.84 Å². The minimum Gasteiger partial charge on any atom is -0.312 e. The molecule has 4 heteroatoms. The number of benzene rings is 1. The van der Waals surface area contributed by atoms with Crippen LogP contribution in [0.3, 0.4) is 0 Å². The molecule has 3 nitrogen and oxygen atoms in total. The number of nitrogens with one attached hydrogen (secondary N) is 1. The summed E-state index contributed by atoms with van der Waals surface area (Å²) in [5.41, 5.74) is 2.21. The predicted octanol–water partition coefficient (Wildman–Crippen LogP) is 2.47. The minimum atomic E-state index is -2.98. The topological polar surface area (TPSA) is 46.2 Å². The van der Waals surface area contributed by atoms with E-state index in [0.29, 0.717) is 0 Å². The standard InChI is InChI=1S/C14H23NO2S/c1-4-5-10-18(16,17)11-14(15-3)13-8-6-12(2)7-9-13/h6-9,14-15H,4-5,10-11H2,1-3H3. The highest BCUT2D eigenvalue weighted by molar-refractivity contribution is 7.91. The van der Waals surface area contributed by atoms with E-state index < -0.39 is 9.84 Å². The fourth-order valence-corrected chi connectivity index (χ4v) is 3.61. The fourth-order valence-electron chi connectivity index (χ4n) is 1.85. The van der Waals surface area contributed by atoms with Gasteiger partial charge in [0.05, 0.1) is 11.5 Å². The lowest BCUT2D eigenvalue weighted by Crippen LogP contribution is -2.26. The number of hydrogen-bond donors (Lipinski definition) is 1. The second-order valence-corrected chi connectivity index (χ2v) is 6.95. The van der Waals surface area contributed by atoms with Crippen LogP contribution in [0.15, 0.2) is 24.3 Å². The molecular weight excluding hydrogens is 246 g/mol. The molecule has 1 unspecified atom stereocenters. The SMILES string of the molecule is CCCCS(=O)(=O)CC(NC)c1ccc(C)cc1. The Morgan fingerprint density at radius 2 is 1.83 bits per heavy atom. The van der Waals surface area contributed by atoms with Gasteiger partial charge in [-0.25, -0.2) is 8.42 Å². The number of hydrogen-bond acceptors (Lipinski definition) is 3. The molecule has 0 spiro atoms. The number of aryl methyl sites for hydroxylation is 1. The summed E-state index contributed by atoms with van der Waals surface area (Å²) < 4.78 is 23.9. The van der Waals surface area contributed by atoms with Crippen LogP contribution in [0.25, 0.3) is 0 Å². The van der Waals surface area contributed by atoms with Gasteiger partial charge in [0, 0.05) is 6.04 Å². The zero-order valence-electron chi connectivity index (χ0n) is 11.4. The Morgan fingerprint density at radius 1 is 1.22 bits per heavy atom. The third-order valence-electron chi connectivity index (χ3n) is 3.06. The van der Waals surface area contributed by atoms with Crippen molar-refractivity contribution in [2.24, 2.45) is 0 Å². The quantitative estimate of drug-likeness (QED) is 0.827. The summed E-state index contributed by atoms with van der Waals surface area (Å²) in [6, 6.07) is 7.89. The van der Waals surface area contributed by atoms with Gasteiger partial charge in [-0.2, -0.15) is 0 Å². The van der Waals surface area contributed by atoms with Crippen LogP contribution < -0.4 is 5.32 Å². The molecule has 0 amide bonds. The van der Waals surface area contributed by atoms with E-state index >= 15 is 0 Å². The van der Waals surface area contributed by atoms with Gasteiger partial charge in [0.1, 0.15) is 0 Å². The van der Waals surface area contributed by atoms with Crippen molar-refractivity contribution < 1.29 is 8.42 Å². The summed E-state index contributed by atoms with van der Waals surface area (Å²) >= 11 is 0. The van der Waals surface area contributed by atoms with Crippen molar-refractivity contribution in [3.05, 3.63) is 35.4 Å². The van der Waals surface area contributed by atoms with Crippen molar-refractivity contribution in [2.75, 3.05) is 18.6 Å². The van der Waals surface area contributed by atoms with Gasteiger partial charge in [0.15, 0.2) is 9.84 Å². The lowest BCUT2D eigenvalue weighted by atomic mass is 10.1. The molecule has 0 fully saturated rings. The first-order valence-corrected chi connectivity index (χ1v) is 8.25. The summed E-state index contributed by atoms with van der Waals surface area (Å²) in [5, 5.41) is 3.09. The molecule has 1 rings (SSSR count). The van der Waals surface area contributed by atoms with Crippen LogP contribution >= 0.6 is 0 Å². The van der Waals surface area contributed by atoms with Crippen molar-refractivity contribution in [1.29, 1.82) is 0 Å². The average Bonchev–Trinajstić information content (AvgIpc) is 2.35.